The van der Waals surface area contributed by atoms with Crippen LogP contribution in [0.1, 0.15) is 44.0 Å². The van der Waals surface area contributed by atoms with E-state index in [2.05, 4.69) is 33.3 Å². The molecule has 2 bridgehead atoms. The van der Waals surface area contributed by atoms with Gasteiger partial charge in [0.2, 0.25) is 0 Å². The van der Waals surface area contributed by atoms with Crippen molar-refractivity contribution in [1.29, 1.82) is 0 Å². The van der Waals surface area contributed by atoms with Crippen molar-refractivity contribution in [3.8, 4) is 0 Å². The molecule has 0 saturated heterocycles. The Balaban J connectivity index is 1.65. The fraction of sp³-hybridized carbons (Fsp3) is 0.786. The van der Waals surface area contributed by atoms with Gasteiger partial charge in [0.05, 0.1) is 15.9 Å². The quantitative estimate of drug-likeness (QED) is 0.926. The maximum absolute atomic E-state index is 4.55. The van der Waals surface area contributed by atoms with Gasteiger partial charge in [-0.25, -0.2) is 0 Å². The third kappa shape index (κ3) is 2.14. The first-order chi connectivity index (χ1) is 8.69. The summed E-state index contributed by atoms with van der Waals surface area (Å²) in [7, 11) is 2.04. The molecule has 2 fully saturated rings. The van der Waals surface area contributed by atoms with Crippen molar-refractivity contribution < 1.29 is 0 Å². The summed E-state index contributed by atoms with van der Waals surface area (Å²) in [5.74, 6) is 1.95. The fourth-order valence-electron chi connectivity index (χ4n) is 3.73. The van der Waals surface area contributed by atoms with Crippen molar-refractivity contribution in [2.45, 2.75) is 51.6 Å². The second-order valence-corrected chi connectivity index (χ2v) is 6.64. The van der Waals surface area contributed by atoms with Crippen molar-refractivity contribution in [3.63, 3.8) is 0 Å². The first-order valence-corrected chi connectivity index (χ1v) is 7.92. The van der Waals surface area contributed by atoms with Gasteiger partial charge in [0.25, 0.3) is 0 Å². The smallest absolute Gasteiger partial charge is 0.0767 e. The first kappa shape index (κ1) is 12.7. The molecule has 1 aromatic heterocycles. The summed E-state index contributed by atoms with van der Waals surface area (Å²) in [4.78, 5) is 0. The number of aryl methyl sites for hydroxylation is 2. The van der Waals surface area contributed by atoms with Crippen LogP contribution >= 0.6 is 15.9 Å². The van der Waals surface area contributed by atoms with Crippen molar-refractivity contribution in [1.82, 2.24) is 15.1 Å². The molecule has 1 aromatic rings. The number of nitrogens with one attached hydrogen (secondary N) is 1. The first-order valence-electron chi connectivity index (χ1n) is 7.12. The molecule has 0 amide bonds. The second-order valence-electron chi connectivity index (χ2n) is 5.85. The SMILES string of the molecule is CCc1nn(C)c(CNC2CC3CCC2C3)c1Br. The summed E-state index contributed by atoms with van der Waals surface area (Å²) in [5.41, 5.74) is 2.46. The average Bonchev–Trinajstić information content (AvgIpc) is 3.03. The Labute approximate surface area is 117 Å². The lowest BCUT2D eigenvalue weighted by Crippen LogP contribution is -2.34. The highest BCUT2D eigenvalue weighted by atomic mass is 79.9. The highest BCUT2D eigenvalue weighted by Crippen LogP contribution is 2.44. The molecule has 0 radical (unpaired) electrons. The van der Waals surface area contributed by atoms with E-state index in [0.717, 1.165) is 30.8 Å². The molecular formula is C14H22BrN3. The predicted octanol–water partition coefficient (Wildman–Crippen LogP) is 3.02. The number of hydrogen-bond acceptors (Lipinski definition) is 2. The van der Waals surface area contributed by atoms with Crippen molar-refractivity contribution in [2.75, 3.05) is 0 Å². The molecule has 3 rings (SSSR count). The van der Waals surface area contributed by atoms with Gasteiger partial charge in [-0.2, -0.15) is 5.10 Å². The van der Waals surface area contributed by atoms with Crippen molar-refractivity contribution >= 4 is 15.9 Å². The number of halogens is 1. The number of hydrogen-bond donors (Lipinski definition) is 1. The minimum atomic E-state index is 0.746. The summed E-state index contributed by atoms with van der Waals surface area (Å²) in [5, 5.41) is 8.31. The van der Waals surface area contributed by atoms with Gasteiger partial charge in [0, 0.05) is 19.6 Å². The van der Waals surface area contributed by atoms with E-state index in [0.29, 0.717) is 0 Å². The predicted molar refractivity (Wildman–Crippen MR) is 76.4 cm³/mol. The molecule has 3 unspecified atom stereocenters. The van der Waals surface area contributed by atoms with Gasteiger partial charge in [-0.3, -0.25) is 4.68 Å². The van der Waals surface area contributed by atoms with E-state index < -0.39 is 0 Å². The van der Waals surface area contributed by atoms with Gasteiger partial charge < -0.3 is 5.32 Å². The standard InChI is InChI=1S/C14H22BrN3/c1-3-11-14(15)13(18(2)17-11)8-16-12-7-9-4-5-10(12)6-9/h9-10,12,16H,3-8H2,1-2H3. The van der Waals surface area contributed by atoms with Gasteiger partial charge in [0.15, 0.2) is 0 Å². The maximum atomic E-state index is 4.55. The van der Waals surface area contributed by atoms with E-state index in [1.165, 1.54) is 41.5 Å². The highest BCUT2D eigenvalue weighted by Gasteiger charge is 2.39. The normalized spacial score (nSPS) is 30.3. The van der Waals surface area contributed by atoms with Gasteiger partial charge >= 0.3 is 0 Å². The zero-order valence-corrected chi connectivity index (χ0v) is 12.8. The zero-order chi connectivity index (χ0) is 12.7. The molecule has 100 valence electrons. The van der Waals surface area contributed by atoms with E-state index in [4.69, 9.17) is 0 Å². The van der Waals surface area contributed by atoms with Crippen LogP contribution in [0.25, 0.3) is 0 Å². The summed E-state index contributed by atoms with van der Waals surface area (Å²) in [6.45, 7) is 3.10. The Morgan fingerprint density at radius 3 is 2.78 bits per heavy atom. The van der Waals surface area contributed by atoms with E-state index >= 15 is 0 Å². The van der Waals surface area contributed by atoms with E-state index in [1.54, 1.807) is 0 Å². The molecule has 18 heavy (non-hydrogen) atoms. The monoisotopic (exact) mass is 311 g/mol. The van der Waals surface area contributed by atoms with Crippen LogP contribution in [0.2, 0.25) is 0 Å². The Morgan fingerprint density at radius 2 is 2.22 bits per heavy atom. The van der Waals surface area contributed by atoms with Gasteiger partial charge in [-0.15, -0.1) is 0 Å². The number of aromatic nitrogens is 2. The van der Waals surface area contributed by atoms with Crippen LogP contribution < -0.4 is 5.32 Å². The lowest BCUT2D eigenvalue weighted by Gasteiger charge is -2.23. The molecule has 1 N–H and O–H groups in total. The fourth-order valence-corrected chi connectivity index (χ4v) is 4.49. The summed E-state index contributed by atoms with van der Waals surface area (Å²) >= 11 is 3.69. The van der Waals surface area contributed by atoms with Crippen molar-refractivity contribution in [2.24, 2.45) is 18.9 Å². The van der Waals surface area contributed by atoms with Crippen LogP contribution in [0.3, 0.4) is 0 Å². The molecule has 3 atom stereocenters. The van der Waals surface area contributed by atoms with E-state index in [1.807, 2.05) is 11.7 Å². The Morgan fingerprint density at radius 1 is 1.39 bits per heavy atom. The highest BCUT2D eigenvalue weighted by molar-refractivity contribution is 9.10. The second kappa shape index (κ2) is 4.97. The minimum Gasteiger partial charge on any atom is -0.308 e. The lowest BCUT2D eigenvalue weighted by molar-refractivity contribution is 0.347. The van der Waals surface area contributed by atoms with Crippen LogP contribution in [0, 0.1) is 11.8 Å². The van der Waals surface area contributed by atoms with E-state index in [-0.39, 0.29) is 0 Å². The Kier molecular flexibility index (Phi) is 3.50. The molecule has 2 saturated carbocycles. The maximum Gasteiger partial charge on any atom is 0.0767 e. The molecule has 0 spiro atoms. The van der Waals surface area contributed by atoms with Gasteiger partial charge in [-0.1, -0.05) is 13.3 Å². The topological polar surface area (TPSA) is 29.9 Å². The summed E-state index contributed by atoms with van der Waals surface area (Å²) in [6.07, 6.45) is 6.75. The van der Waals surface area contributed by atoms with Crippen LogP contribution in [0.15, 0.2) is 4.47 Å². The van der Waals surface area contributed by atoms with Gasteiger partial charge in [-0.05, 0) is 53.4 Å². The zero-order valence-electron chi connectivity index (χ0n) is 11.2. The van der Waals surface area contributed by atoms with Crippen LogP contribution in [0.4, 0.5) is 0 Å². The number of rotatable bonds is 4. The summed E-state index contributed by atoms with van der Waals surface area (Å²) in [6, 6.07) is 0.746. The largest absolute Gasteiger partial charge is 0.308 e. The molecule has 4 heteroatoms. The molecule has 0 aromatic carbocycles. The minimum absolute atomic E-state index is 0.746. The summed E-state index contributed by atoms with van der Waals surface area (Å²) < 4.78 is 3.21. The molecule has 1 heterocycles. The number of fused-ring (bicyclic) bond motifs is 2. The Bertz CT molecular complexity index is 440. The van der Waals surface area contributed by atoms with Crippen LogP contribution in [0.5, 0.6) is 0 Å². The molecule has 0 aliphatic heterocycles. The van der Waals surface area contributed by atoms with Gasteiger partial charge in [0.1, 0.15) is 0 Å². The number of nitrogens with zero attached hydrogens (tertiary/aromatic N) is 2. The molecule has 2 aliphatic carbocycles. The lowest BCUT2D eigenvalue weighted by atomic mass is 9.95. The molecule has 3 nitrogen and oxygen atoms in total. The molecule has 2 aliphatic rings. The third-order valence-corrected chi connectivity index (χ3v) is 5.69. The van der Waals surface area contributed by atoms with Crippen molar-refractivity contribution in [3.05, 3.63) is 15.9 Å². The Hall–Kier alpha value is -0.350. The average molecular weight is 312 g/mol. The van der Waals surface area contributed by atoms with Crippen LogP contribution in [-0.2, 0) is 20.0 Å². The molecular weight excluding hydrogens is 290 g/mol. The third-order valence-electron chi connectivity index (χ3n) is 4.77. The van der Waals surface area contributed by atoms with E-state index in [9.17, 15) is 0 Å². The van der Waals surface area contributed by atoms with Crippen LogP contribution in [-0.4, -0.2) is 15.8 Å².